The molecule has 0 bridgehead atoms. The van der Waals surface area contributed by atoms with Gasteiger partial charge in [-0.1, -0.05) is 30.3 Å². The molecule has 0 aliphatic rings. The fourth-order valence-corrected chi connectivity index (χ4v) is 3.87. The molecule has 0 N–H and O–H groups in total. The van der Waals surface area contributed by atoms with E-state index >= 15 is 0 Å². The van der Waals surface area contributed by atoms with Gasteiger partial charge in [-0.15, -0.1) is 0 Å². The van der Waals surface area contributed by atoms with Gasteiger partial charge in [0.15, 0.2) is 5.82 Å². The van der Waals surface area contributed by atoms with Crippen LogP contribution in [0.5, 0.6) is 0 Å². The van der Waals surface area contributed by atoms with Crippen molar-refractivity contribution in [1.82, 2.24) is 9.36 Å². The summed E-state index contributed by atoms with van der Waals surface area (Å²) in [5, 5.41) is 0.345. The van der Waals surface area contributed by atoms with E-state index in [-0.39, 0.29) is 11.9 Å². The highest BCUT2D eigenvalue weighted by Crippen LogP contribution is 2.25. The normalized spacial score (nSPS) is 13.1. The van der Waals surface area contributed by atoms with Crippen LogP contribution in [0.3, 0.4) is 0 Å². The molecule has 1 aromatic heterocycles. The second kappa shape index (κ2) is 6.50. The summed E-state index contributed by atoms with van der Waals surface area (Å²) in [6.45, 7) is 1.71. The number of aromatic nitrogens is 2. The Kier molecular flexibility index (Phi) is 4.92. The summed E-state index contributed by atoms with van der Waals surface area (Å²) < 4.78 is 34.8. The van der Waals surface area contributed by atoms with Gasteiger partial charge in [0, 0.05) is 31.3 Å². The third-order valence-corrected chi connectivity index (χ3v) is 5.79. The molecular weight excluding hydrogens is 310 g/mol. The smallest absolute Gasteiger partial charge is 0.239 e. The van der Waals surface area contributed by atoms with Gasteiger partial charge in [-0.25, -0.2) is 12.7 Å². The molecule has 2 aromatic rings. The van der Waals surface area contributed by atoms with E-state index in [1.165, 1.54) is 14.2 Å². The summed E-state index contributed by atoms with van der Waals surface area (Å²) in [6.07, 6.45) is -0.376. The first-order valence-corrected chi connectivity index (χ1v) is 8.71. The topological polar surface area (TPSA) is 72.4 Å². The zero-order valence-electron chi connectivity index (χ0n) is 12.1. The minimum absolute atomic E-state index is 0.0970. The van der Waals surface area contributed by atoms with Crippen LogP contribution in [0.1, 0.15) is 6.92 Å². The summed E-state index contributed by atoms with van der Waals surface area (Å²) in [5.41, 5.74) is 0.857. The minimum atomic E-state index is -3.48. The lowest BCUT2D eigenvalue weighted by atomic mass is 10.2. The van der Waals surface area contributed by atoms with Crippen molar-refractivity contribution in [2.45, 2.75) is 13.0 Å². The number of methoxy groups -OCH3 is 1. The fourth-order valence-electron chi connectivity index (χ4n) is 1.64. The quantitative estimate of drug-likeness (QED) is 0.811. The van der Waals surface area contributed by atoms with Gasteiger partial charge in [0.1, 0.15) is 0 Å². The van der Waals surface area contributed by atoms with Gasteiger partial charge in [0.05, 0.1) is 11.9 Å². The van der Waals surface area contributed by atoms with Gasteiger partial charge in [-0.05, 0) is 6.92 Å². The van der Waals surface area contributed by atoms with Crippen LogP contribution in [-0.4, -0.2) is 43.8 Å². The van der Waals surface area contributed by atoms with Crippen molar-refractivity contribution in [2.75, 3.05) is 24.2 Å². The molecule has 1 atom stereocenters. The predicted molar refractivity (Wildman–Crippen MR) is 84.0 cm³/mol. The molecule has 21 heavy (non-hydrogen) atoms. The van der Waals surface area contributed by atoms with Crippen molar-refractivity contribution >= 4 is 26.7 Å². The average molecular weight is 327 g/mol. The largest absolute Gasteiger partial charge is 0.381 e. The maximum Gasteiger partial charge on any atom is 0.239 e. The Labute approximate surface area is 128 Å². The Hall–Kier alpha value is -1.51. The number of sulfonamides is 1. The van der Waals surface area contributed by atoms with Gasteiger partial charge >= 0.3 is 0 Å². The van der Waals surface area contributed by atoms with Crippen LogP contribution in [0.2, 0.25) is 0 Å². The number of nitrogens with zero attached hydrogens (tertiary/aromatic N) is 3. The lowest BCUT2D eigenvalue weighted by molar-refractivity contribution is 0.136. The van der Waals surface area contributed by atoms with E-state index in [9.17, 15) is 8.42 Å². The number of hydrogen-bond donors (Lipinski definition) is 0. The van der Waals surface area contributed by atoms with Crippen molar-refractivity contribution in [3.63, 3.8) is 0 Å². The number of benzene rings is 1. The van der Waals surface area contributed by atoms with E-state index in [1.807, 2.05) is 30.3 Å². The third kappa shape index (κ3) is 3.78. The molecular formula is C13H17N3O3S2. The molecule has 0 aliphatic heterocycles. The first kappa shape index (κ1) is 15.9. The number of hydrogen-bond acceptors (Lipinski definition) is 6. The molecule has 1 unspecified atom stereocenters. The summed E-state index contributed by atoms with van der Waals surface area (Å²) >= 11 is 1.06. The van der Waals surface area contributed by atoms with E-state index in [2.05, 4.69) is 9.36 Å². The lowest BCUT2D eigenvalue weighted by Crippen LogP contribution is -2.33. The van der Waals surface area contributed by atoms with Crippen LogP contribution in [-0.2, 0) is 14.8 Å². The number of anilines is 1. The van der Waals surface area contributed by atoms with Gasteiger partial charge < -0.3 is 4.74 Å². The minimum Gasteiger partial charge on any atom is -0.381 e. The highest BCUT2D eigenvalue weighted by atomic mass is 32.2. The summed E-state index contributed by atoms with van der Waals surface area (Å²) in [7, 11) is -0.513. The molecule has 0 radical (unpaired) electrons. The van der Waals surface area contributed by atoms with E-state index < -0.39 is 10.0 Å². The van der Waals surface area contributed by atoms with Crippen LogP contribution in [0.25, 0.3) is 11.4 Å². The van der Waals surface area contributed by atoms with Crippen LogP contribution >= 0.6 is 11.5 Å². The van der Waals surface area contributed by atoms with Crippen molar-refractivity contribution in [3.8, 4) is 11.4 Å². The maximum atomic E-state index is 12.2. The molecule has 0 saturated heterocycles. The monoisotopic (exact) mass is 327 g/mol. The van der Waals surface area contributed by atoms with Crippen molar-refractivity contribution < 1.29 is 13.2 Å². The molecule has 8 heteroatoms. The molecule has 114 valence electrons. The lowest BCUT2D eigenvalue weighted by Gasteiger charge is -2.18. The molecule has 0 amide bonds. The number of rotatable bonds is 6. The zero-order chi connectivity index (χ0) is 15.5. The second-order valence-electron chi connectivity index (χ2n) is 4.56. The summed E-state index contributed by atoms with van der Waals surface area (Å²) in [4.78, 5) is 4.29. The molecule has 1 heterocycles. The van der Waals surface area contributed by atoms with E-state index in [0.717, 1.165) is 21.4 Å². The molecule has 6 nitrogen and oxygen atoms in total. The van der Waals surface area contributed by atoms with Crippen LogP contribution in [0.15, 0.2) is 30.3 Å². The first-order valence-electron chi connectivity index (χ1n) is 6.32. The van der Waals surface area contributed by atoms with Crippen LogP contribution in [0, 0.1) is 0 Å². The van der Waals surface area contributed by atoms with Gasteiger partial charge in [-0.3, -0.25) is 0 Å². The molecule has 0 fully saturated rings. The molecule has 0 aliphatic carbocycles. The Balaban J connectivity index is 2.21. The average Bonchev–Trinajstić information content (AvgIpc) is 2.96. The van der Waals surface area contributed by atoms with Crippen LogP contribution in [0.4, 0.5) is 5.13 Å². The van der Waals surface area contributed by atoms with Crippen molar-refractivity contribution in [3.05, 3.63) is 30.3 Å². The number of ether oxygens (including phenoxy) is 1. The Morgan fingerprint density at radius 2 is 2.00 bits per heavy atom. The maximum absolute atomic E-state index is 12.2. The molecule has 1 aromatic carbocycles. The van der Waals surface area contributed by atoms with Crippen molar-refractivity contribution in [2.24, 2.45) is 0 Å². The highest BCUT2D eigenvalue weighted by molar-refractivity contribution is 7.93. The third-order valence-electron chi connectivity index (χ3n) is 2.98. The second-order valence-corrected chi connectivity index (χ2v) is 7.33. The molecule has 2 rings (SSSR count). The van der Waals surface area contributed by atoms with E-state index in [4.69, 9.17) is 4.74 Å². The van der Waals surface area contributed by atoms with Gasteiger partial charge in [-0.2, -0.15) is 9.36 Å². The fraction of sp³-hybridized carbons (Fsp3) is 0.385. The molecule has 0 saturated carbocycles. The Morgan fingerprint density at radius 3 is 2.62 bits per heavy atom. The van der Waals surface area contributed by atoms with Gasteiger partial charge in [0.2, 0.25) is 15.2 Å². The van der Waals surface area contributed by atoms with E-state index in [0.29, 0.717) is 11.0 Å². The Bertz CT molecular complexity index is 686. The predicted octanol–water partition coefficient (Wildman–Crippen LogP) is 2.01. The SMILES string of the molecule is COC(C)CS(=O)(=O)N(C)c1nc(-c2ccccc2)ns1. The first-order chi connectivity index (χ1) is 9.94. The van der Waals surface area contributed by atoms with Gasteiger partial charge in [0.25, 0.3) is 0 Å². The standard InChI is InChI=1S/C13H17N3O3S2/c1-10(19-3)9-21(17,18)16(2)13-14-12(15-20-13)11-7-5-4-6-8-11/h4-8,10H,9H2,1-3H3. The van der Waals surface area contributed by atoms with Crippen molar-refractivity contribution in [1.29, 1.82) is 0 Å². The van der Waals surface area contributed by atoms with E-state index in [1.54, 1.807) is 6.92 Å². The van der Waals surface area contributed by atoms with Crippen LogP contribution < -0.4 is 4.31 Å². The molecule has 0 spiro atoms. The summed E-state index contributed by atoms with van der Waals surface area (Å²) in [6, 6.07) is 9.44. The zero-order valence-corrected chi connectivity index (χ0v) is 13.7. The highest BCUT2D eigenvalue weighted by Gasteiger charge is 2.24. The summed E-state index contributed by atoms with van der Waals surface area (Å²) in [5.74, 6) is 0.428. The Morgan fingerprint density at radius 1 is 1.33 bits per heavy atom.